The third kappa shape index (κ3) is 5.56. The summed E-state index contributed by atoms with van der Waals surface area (Å²) in [5.41, 5.74) is 0. The topological polar surface area (TPSA) is 29.3 Å². The first kappa shape index (κ1) is 11.9. The number of nitrogens with zero attached hydrogens (tertiary/aromatic N) is 1. The van der Waals surface area contributed by atoms with Gasteiger partial charge in [0, 0.05) is 12.6 Å². The summed E-state index contributed by atoms with van der Waals surface area (Å²) < 4.78 is 0. The first-order valence-electron chi connectivity index (χ1n) is 5.09. The van der Waals surface area contributed by atoms with Crippen LogP contribution in [0.15, 0.2) is 0 Å². The molecule has 1 atom stereocenters. The Bertz CT molecular complexity index is 102. The molecule has 0 aromatic heterocycles. The van der Waals surface area contributed by atoms with E-state index in [0.29, 0.717) is 6.04 Å². The highest BCUT2D eigenvalue weighted by molar-refractivity contribution is 4.59. The second-order valence-corrected chi connectivity index (χ2v) is 4.03. The van der Waals surface area contributed by atoms with Gasteiger partial charge in [0.1, 0.15) is 0 Å². The van der Waals surface area contributed by atoms with E-state index in [9.17, 15) is 0 Å². The molecule has 0 fully saturated rings. The summed E-state index contributed by atoms with van der Waals surface area (Å²) in [4.78, 5) is 0. The van der Waals surface area contributed by atoms with Crippen molar-refractivity contribution in [3.63, 3.8) is 0 Å². The summed E-state index contributed by atoms with van der Waals surface area (Å²) in [6, 6.07) is 0.525. The molecule has 1 unspecified atom stereocenters. The van der Waals surface area contributed by atoms with E-state index in [2.05, 4.69) is 27.7 Å². The SMILES string of the molecule is CCC(C)N(N)CCCC(C)C. The van der Waals surface area contributed by atoms with Crippen LogP contribution in [0.1, 0.15) is 47.0 Å². The van der Waals surface area contributed by atoms with E-state index in [0.717, 1.165) is 18.9 Å². The Hall–Kier alpha value is -0.0800. The van der Waals surface area contributed by atoms with E-state index >= 15 is 0 Å². The van der Waals surface area contributed by atoms with Crippen molar-refractivity contribution >= 4 is 0 Å². The van der Waals surface area contributed by atoms with Crippen molar-refractivity contribution in [2.45, 2.75) is 53.0 Å². The molecule has 0 aliphatic heterocycles. The average Bonchev–Trinajstić information content (AvgIpc) is 2.02. The van der Waals surface area contributed by atoms with Crippen molar-refractivity contribution in [2.24, 2.45) is 11.8 Å². The number of nitrogens with two attached hydrogens (primary N) is 1. The minimum absolute atomic E-state index is 0.525. The van der Waals surface area contributed by atoms with Crippen LogP contribution in [0.4, 0.5) is 0 Å². The molecule has 0 saturated carbocycles. The molecule has 0 amide bonds. The molecule has 74 valence electrons. The lowest BCUT2D eigenvalue weighted by atomic mass is 10.1. The fraction of sp³-hybridized carbons (Fsp3) is 1.00. The van der Waals surface area contributed by atoms with Gasteiger partial charge < -0.3 is 0 Å². The Morgan fingerprint density at radius 2 is 1.83 bits per heavy atom. The van der Waals surface area contributed by atoms with Crippen molar-refractivity contribution in [1.29, 1.82) is 0 Å². The molecule has 0 heterocycles. The summed E-state index contributed by atoms with van der Waals surface area (Å²) in [6.07, 6.45) is 3.64. The minimum atomic E-state index is 0.525. The zero-order valence-corrected chi connectivity index (χ0v) is 9.01. The van der Waals surface area contributed by atoms with Crippen molar-refractivity contribution in [2.75, 3.05) is 6.54 Å². The predicted molar refractivity (Wildman–Crippen MR) is 54.7 cm³/mol. The van der Waals surface area contributed by atoms with Gasteiger partial charge in [0.2, 0.25) is 0 Å². The molecule has 2 N–H and O–H groups in total. The Balaban J connectivity index is 3.37. The van der Waals surface area contributed by atoms with E-state index in [1.807, 2.05) is 5.01 Å². The van der Waals surface area contributed by atoms with Crippen LogP contribution in [0.3, 0.4) is 0 Å². The Morgan fingerprint density at radius 3 is 2.25 bits per heavy atom. The van der Waals surface area contributed by atoms with Crippen molar-refractivity contribution in [1.82, 2.24) is 5.01 Å². The Morgan fingerprint density at radius 1 is 1.25 bits per heavy atom. The standard InChI is InChI=1S/C10H24N2/c1-5-10(4)12(11)8-6-7-9(2)3/h9-10H,5-8,11H2,1-4H3. The highest BCUT2D eigenvalue weighted by atomic mass is 15.4. The fourth-order valence-corrected chi connectivity index (χ4v) is 1.14. The molecule has 0 aromatic carbocycles. The van der Waals surface area contributed by atoms with Gasteiger partial charge in [-0.3, -0.25) is 5.84 Å². The number of hydrazine groups is 1. The largest absolute Gasteiger partial charge is 0.269 e. The zero-order valence-electron chi connectivity index (χ0n) is 9.01. The van der Waals surface area contributed by atoms with Gasteiger partial charge in [-0.05, 0) is 32.1 Å². The van der Waals surface area contributed by atoms with E-state index in [4.69, 9.17) is 5.84 Å². The van der Waals surface area contributed by atoms with Gasteiger partial charge in [-0.2, -0.15) is 0 Å². The molecular weight excluding hydrogens is 148 g/mol. The van der Waals surface area contributed by atoms with Crippen LogP contribution in [0.2, 0.25) is 0 Å². The second kappa shape index (κ2) is 6.44. The Kier molecular flexibility index (Phi) is 6.39. The quantitative estimate of drug-likeness (QED) is 0.492. The summed E-state index contributed by atoms with van der Waals surface area (Å²) in [5.74, 6) is 6.65. The third-order valence-electron chi connectivity index (χ3n) is 2.35. The smallest absolute Gasteiger partial charge is 0.0210 e. The van der Waals surface area contributed by atoms with Gasteiger partial charge in [0.15, 0.2) is 0 Å². The zero-order chi connectivity index (χ0) is 9.56. The third-order valence-corrected chi connectivity index (χ3v) is 2.35. The van der Waals surface area contributed by atoms with Crippen LogP contribution in [-0.2, 0) is 0 Å². The number of hydrogen-bond donors (Lipinski definition) is 1. The molecule has 2 heteroatoms. The highest BCUT2D eigenvalue weighted by Gasteiger charge is 2.06. The van der Waals surface area contributed by atoms with E-state index in [-0.39, 0.29) is 0 Å². The maximum Gasteiger partial charge on any atom is 0.0210 e. The monoisotopic (exact) mass is 172 g/mol. The summed E-state index contributed by atoms with van der Waals surface area (Å²) in [7, 11) is 0. The normalized spacial score (nSPS) is 14.2. The summed E-state index contributed by atoms with van der Waals surface area (Å²) in [5, 5.41) is 1.96. The molecule has 0 radical (unpaired) electrons. The molecule has 0 aromatic rings. The lowest BCUT2D eigenvalue weighted by Gasteiger charge is -2.22. The van der Waals surface area contributed by atoms with Gasteiger partial charge in [-0.1, -0.05) is 20.8 Å². The minimum Gasteiger partial charge on any atom is -0.269 e. The van der Waals surface area contributed by atoms with Crippen LogP contribution in [0.5, 0.6) is 0 Å². The van der Waals surface area contributed by atoms with E-state index < -0.39 is 0 Å². The molecule has 0 rings (SSSR count). The van der Waals surface area contributed by atoms with Gasteiger partial charge in [0.05, 0.1) is 0 Å². The summed E-state index contributed by atoms with van der Waals surface area (Å²) >= 11 is 0. The molecule has 0 aliphatic carbocycles. The second-order valence-electron chi connectivity index (χ2n) is 4.03. The van der Waals surface area contributed by atoms with E-state index in [1.54, 1.807) is 0 Å². The molecule has 0 bridgehead atoms. The maximum absolute atomic E-state index is 5.85. The van der Waals surface area contributed by atoms with Crippen LogP contribution in [0.25, 0.3) is 0 Å². The first-order chi connectivity index (χ1) is 5.57. The van der Waals surface area contributed by atoms with Crippen molar-refractivity contribution in [3.8, 4) is 0 Å². The van der Waals surface area contributed by atoms with E-state index in [1.165, 1.54) is 12.8 Å². The lowest BCUT2D eigenvalue weighted by molar-refractivity contribution is 0.202. The van der Waals surface area contributed by atoms with Gasteiger partial charge in [-0.25, -0.2) is 5.01 Å². The molecule has 0 saturated heterocycles. The maximum atomic E-state index is 5.85. The molecular formula is C10H24N2. The first-order valence-corrected chi connectivity index (χ1v) is 5.09. The number of rotatable bonds is 6. The van der Waals surface area contributed by atoms with Crippen LogP contribution in [0, 0.1) is 5.92 Å². The predicted octanol–water partition coefficient (Wildman–Crippen LogP) is 2.40. The van der Waals surface area contributed by atoms with Crippen LogP contribution in [-0.4, -0.2) is 17.6 Å². The molecule has 2 nitrogen and oxygen atoms in total. The molecule has 0 aliphatic rings. The lowest BCUT2D eigenvalue weighted by Crippen LogP contribution is -2.39. The van der Waals surface area contributed by atoms with Crippen LogP contribution >= 0.6 is 0 Å². The van der Waals surface area contributed by atoms with Gasteiger partial charge in [-0.15, -0.1) is 0 Å². The van der Waals surface area contributed by atoms with Gasteiger partial charge in [0.25, 0.3) is 0 Å². The highest BCUT2D eigenvalue weighted by Crippen LogP contribution is 2.05. The van der Waals surface area contributed by atoms with Gasteiger partial charge >= 0.3 is 0 Å². The fourth-order valence-electron chi connectivity index (χ4n) is 1.14. The number of hydrogen-bond acceptors (Lipinski definition) is 2. The van der Waals surface area contributed by atoms with Crippen LogP contribution < -0.4 is 5.84 Å². The Labute approximate surface area is 77.1 Å². The average molecular weight is 172 g/mol. The van der Waals surface area contributed by atoms with Crippen molar-refractivity contribution in [3.05, 3.63) is 0 Å². The molecule has 12 heavy (non-hydrogen) atoms. The van der Waals surface area contributed by atoms with Crippen molar-refractivity contribution < 1.29 is 0 Å². The molecule has 0 spiro atoms. The summed E-state index contributed by atoms with van der Waals surface area (Å²) in [6.45, 7) is 9.89.